The third-order valence-corrected chi connectivity index (χ3v) is 3.25. The van der Waals surface area contributed by atoms with Crippen molar-refractivity contribution in [2.45, 2.75) is 33.1 Å². The highest BCUT2D eigenvalue weighted by molar-refractivity contribution is 5.82. The number of Topliss-reactive ketones (excluding diaryl/α,β-unsaturated/α-hetero) is 1. The van der Waals surface area contributed by atoms with Crippen LogP contribution in [0, 0.1) is 17.8 Å². The Balaban J connectivity index is 2.45. The summed E-state index contributed by atoms with van der Waals surface area (Å²) in [6.45, 7) is 4.74. The Morgan fingerprint density at radius 2 is 2.00 bits per heavy atom. The summed E-state index contributed by atoms with van der Waals surface area (Å²) < 4.78 is 0. The van der Waals surface area contributed by atoms with Crippen LogP contribution in [0.25, 0.3) is 0 Å². The summed E-state index contributed by atoms with van der Waals surface area (Å²) in [6, 6.07) is 0. The van der Waals surface area contributed by atoms with E-state index in [4.69, 9.17) is 5.73 Å². The van der Waals surface area contributed by atoms with Crippen LogP contribution in [0.3, 0.4) is 0 Å². The van der Waals surface area contributed by atoms with Gasteiger partial charge in [0.15, 0.2) is 0 Å². The largest absolute Gasteiger partial charge is 0.324 e. The maximum atomic E-state index is 11.3. The molecule has 2 nitrogen and oxygen atoms in total. The van der Waals surface area contributed by atoms with E-state index in [9.17, 15) is 4.79 Å². The second-order valence-corrected chi connectivity index (χ2v) is 4.13. The van der Waals surface area contributed by atoms with E-state index >= 15 is 0 Å². The minimum absolute atomic E-state index is 0.228. The quantitative estimate of drug-likeness (QED) is 0.682. The zero-order chi connectivity index (χ0) is 9.14. The SMILES string of the molecule is CC1CCC(C(=O)CN)CC1C. The molecule has 0 aromatic rings. The van der Waals surface area contributed by atoms with Crippen molar-refractivity contribution in [1.82, 2.24) is 0 Å². The molecule has 3 unspecified atom stereocenters. The first-order valence-electron chi connectivity index (χ1n) is 4.88. The van der Waals surface area contributed by atoms with Crippen molar-refractivity contribution < 1.29 is 4.79 Å². The molecule has 3 atom stereocenters. The molecule has 0 aromatic heterocycles. The topological polar surface area (TPSA) is 43.1 Å². The van der Waals surface area contributed by atoms with Crippen molar-refractivity contribution >= 4 is 5.78 Å². The molecule has 1 aliphatic carbocycles. The minimum Gasteiger partial charge on any atom is -0.324 e. The first kappa shape index (κ1) is 9.72. The molecule has 2 N–H and O–H groups in total. The number of nitrogens with two attached hydrogens (primary N) is 1. The first-order valence-corrected chi connectivity index (χ1v) is 4.88. The van der Waals surface area contributed by atoms with Gasteiger partial charge >= 0.3 is 0 Å². The van der Waals surface area contributed by atoms with Gasteiger partial charge in [-0.3, -0.25) is 4.79 Å². The standard InChI is InChI=1S/C10H19NO/c1-7-3-4-9(5-8(7)2)10(12)6-11/h7-9H,3-6,11H2,1-2H3. The lowest BCUT2D eigenvalue weighted by Crippen LogP contribution is -2.30. The van der Waals surface area contributed by atoms with Gasteiger partial charge in [-0.05, 0) is 31.1 Å². The van der Waals surface area contributed by atoms with Crippen molar-refractivity contribution in [2.75, 3.05) is 6.54 Å². The van der Waals surface area contributed by atoms with Crippen molar-refractivity contribution in [3.63, 3.8) is 0 Å². The van der Waals surface area contributed by atoms with Crippen molar-refractivity contribution in [3.05, 3.63) is 0 Å². The van der Waals surface area contributed by atoms with E-state index in [2.05, 4.69) is 13.8 Å². The van der Waals surface area contributed by atoms with Gasteiger partial charge in [-0.25, -0.2) is 0 Å². The van der Waals surface area contributed by atoms with Crippen molar-refractivity contribution in [1.29, 1.82) is 0 Å². The summed E-state index contributed by atoms with van der Waals surface area (Å²) in [5.74, 6) is 2.00. The van der Waals surface area contributed by atoms with E-state index in [1.807, 2.05) is 0 Å². The number of hydrogen-bond donors (Lipinski definition) is 1. The second-order valence-electron chi connectivity index (χ2n) is 4.13. The van der Waals surface area contributed by atoms with E-state index in [1.165, 1.54) is 6.42 Å². The lowest BCUT2D eigenvalue weighted by atomic mass is 9.74. The van der Waals surface area contributed by atoms with Crippen LogP contribution in [0.2, 0.25) is 0 Å². The predicted octanol–water partition coefficient (Wildman–Crippen LogP) is 1.59. The second kappa shape index (κ2) is 4.04. The van der Waals surface area contributed by atoms with Crippen LogP contribution >= 0.6 is 0 Å². The lowest BCUT2D eigenvalue weighted by molar-refractivity contribution is -0.123. The molecular formula is C10H19NO. The molecule has 1 rings (SSSR count). The van der Waals surface area contributed by atoms with Crippen LogP contribution < -0.4 is 5.73 Å². The van der Waals surface area contributed by atoms with Crippen LogP contribution in [-0.2, 0) is 4.79 Å². The van der Waals surface area contributed by atoms with Gasteiger partial charge < -0.3 is 5.73 Å². The summed E-state index contributed by atoms with van der Waals surface area (Å²) in [5.41, 5.74) is 5.33. The summed E-state index contributed by atoms with van der Waals surface area (Å²) in [6.07, 6.45) is 3.30. The van der Waals surface area contributed by atoms with Gasteiger partial charge in [0, 0.05) is 5.92 Å². The molecular weight excluding hydrogens is 150 g/mol. The first-order chi connectivity index (χ1) is 5.65. The van der Waals surface area contributed by atoms with E-state index in [0.29, 0.717) is 5.92 Å². The van der Waals surface area contributed by atoms with Crippen LogP contribution in [0.4, 0.5) is 0 Å². The molecule has 12 heavy (non-hydrogen) atoms. The van der Waals surface area contributed by atoms with Gasteiger partial charge in [0.1, 0.15) is 5.78 Å². The van der Waals surface area contributed by atoms with Gasteiger partial charge in [-0.15, -0.1) is 0 Å². The Morgan fingerprint density at radius 3 is 2.50 bits per heavy atom. The number of carbonyl (C=O) groups excluding carboxylic acids is 1. The van der Waals surface area contributed by atoms with Gasteiger partial charge in [0.05, 0.1) is 6.54 Å². The molecule has 0 bridgehead atoms. The maximum Gasteiger partial charge on any atom is 0.149 e. The third kappa shape index (κ3) is 2.07. The summed E-state index contributed by atoms with van der Waals surface area (Å²) in [4.78, 5) is 11.3. The van der Waals surface area contributed by atoms with Crippen molar-refractivity contribution in [3.8, 4) is 0 Å². The average molecular weight is 169 g/mol. The fraction of sp³-hybridized carbons (Fsp3) is 0.900. The molecule has 0 amide bonds. The molecule has 0 spiro atoms. The average Bonchev–Trinajstić information content (AvgIpc) is 2.08. The molecule has 70 valence electrons. The number of ketones is 1. The molecule has 1 saturated carbocycles. The van der Waals surface area contributed by atoms with Crippen LogP contribution in [0.5, 0.6) is 0 Å². The van der Waals surface area contributed by atoms with Gasteiger partial charge in [0.25, 0.3) is 0 Å². The van der Waals surface area contributed by atoms with Crippen molar-refractivity contribution in [2.24, 2.45) is 23.5 Å². The maximum absolute atomic E-state index is 11.3. The van der Waals surface area contributed by atoms with Crippen LogP contribution in [-0.4, -0.2) is 12.3 Å². The smallest absolute Gasteiger partial charge is 0.149 e. The Kier molecular flexibility index (Phi) is 3.27. The number of hydrogen-bond acceptors (Lipinski definition) is 2. The van der Waals surface area contributed by atoms with Gasteiger partial charge in [-0.2, -0.15) is 0 Å². The van der Waals surface area contributed by atoms with E-state index in [0.717, 1.165) is 18.8 Å². The monoisotopic (exact) mass is 169 g/mol. The molecule has 0 radical (unpaired) electrons. The van der Waals surface area contributed by atoms with Crippen LogP contribution in [0.15, 0.2) is 0 Å². The Hall–Kier alpha value is -0.370. The van der Waals surface area contributed by atoms with E-state index in [-0.39, 0.29) is 18.2 Å². The minimum atomic E-state index is 0.228. The summed E-state index contributed by atoms with van der Waals surface area (Å²) >= 11 is 0. The molecule has 0 saturated heterocycles. The zero-order valence-electron chi connectivity index (χ0n) is 8.05. The predicted molar refractivity (Wildman–Crippen MR) is 49.7 cm³/mol. The van der Waals surface area contributed by atoms with Crippen LogP contribution in [0.1, 0.15) is 33.1 Å². The summed E-state index contributed by atoms with van der Waals surface area (Å²) in [7, 11) is 0. The molecule has 1 aliphatic rings. The van der Waals surface area contributed by atoms with E-state index < -0.39 is 0 Å². The Morgan fingerprint density at radius 1 is 1.33 bits per heavy atom. The number of rotatable bonds is 2. The molecule has 0 aromatic carbocycles. The molecule has 1 fully saturated rings. The van der Waals surface area contributed by atoms with Gasteiger partial charge in [-0.1, -0.05) is 13.8 Å². The highest BCUT2D eigenvalue weighted by Gasteiger charge is 2.27. The Labute approximate surface area is 74.5 Å². The Bertz CT molecular complexity index is 167. The fourth-order valence-corrected chi connectivity index (χ4v) is 2.01. The molecule has 0 heterocycles. The highest BCUT2D eigenvalue weighted by atomic mass is 16.1. The fourth-order valence-electron chi connectivity index (χ4n) is 2.01. The summed E-state index contributed by atoms with van der Waals surface area (Å²) in [5, 5.41) is 0. The lowest BCUT2D eigenvalue weighted by Gasteiger charge is -2.30. The molecule has 2 heteroatoms. The van der Waals surface area contributed by atoms with E-state index in [1.54, 1.807) is 0 Å². The molecule has 0 aliphatic heterocycles. The normalized spacial score (nSPS) is 36.4. The highest BCUT2D eigenvalue weighted by Crippen LogP contribution is 2.33. The van der Waals surface area contributed by atoms with Gasteiger partial charge in [0.2, 0.25) is 0 Å². The number of carbonyl (C=O) groups is 1. The third-order valence-electron chi connectivity index (χ3n) is 3.25. The zero-order valence-corrected chi connectivity index (χ0v) is 8.05.